The summed E-state index contributed by atoms with van der Waals surface area (Å²) in [6, 6.07) is 9.49. The number of aliphatic carboxylic acids is 1. The largest absolute Gasteiger partial charge is 0.481 e. The molecule has 0 spiro atoms. The van der Waals surface area contributed by atoms with E-state index < -0.39 is 11.9 Å². The fourth-order valence-corrected chi connectivity index (χ4v) is 3.16. The minimum Gasteiger partial charge on any atom is -0.481 e. The van der Waals surface area contributed by atoms with Crippen LogP contribution in [0.1, 0.15) is 23.3 Å². The molecule has 0 radical (unpaired) electrons. The molecule has 2 heterocycles. The number of fused-ring (bicyclic) bond motifs is 1. The van der Waals surface area contributed by atoms with Crippen LogP contribution in [0.3, 0.4) is 0 Å². The van der Waals surface area contributed by atoms with Gasteiger partial charge in [-0.05, 0) is 25.0 Å². The second-order valence-electron chi connectivity index (χ2n) is 6.37. The Hall–Kier alpha value is -2.63. The molecule has 1 aromatic carbocycles. The Balaban J connectivity index is 1.96. The lowest BCUT2D eigenvalue weighted by Gasteiger charge is -2.30. The molecule has 24 heavy (non-hydrogen) atoms. The van der Waals surface area contributed by atoms with Gasteiger partial charge in [0.15, 0.2) is 0 Å². The van der Waals surface area contributed by atoms with Crippen molar-refractivity contribution in [3.8, 4) is 0 Å². The third kappa shape index (κ3) is 3.04. The van der Waals surface area contributed by atoms with Crippen molar-refractivity contribution in [1.82, 2.24) is 9.88 Å². The minimum absolute atomic E-state index is 0.199. The molecule has 0 saturated carbocycles. The number of carboxylic acid groups (broad SMARTS) is 1. The summed E-state index contributed by atoms with van der Waals surface area (Å²) in [5, 5.41) is 10.2. The summed E-state index contributed by atoms with van der Waals surface area (Å²) >= 11 is 0. The minimum atomic E-state index is -0.840. The molecular weight excluding hydrogens is 306 g/mol. The first-order chi connectivity index (χ1) is 11.5. The number of pyridine rings is 1. The van der Waals surface area contributed by atoms with Crippen LogP contribution in [0, 0.1) is 5.92 Å². The highest BCUT2D eigenvalue weighted by Gasteiger charge is 2.29. The molecule has 1 aromatic heterocycles. The number of rotatable bonds is 3. The number of aromatic nitrogens is 1. The average Bonchev–Trinajstić information content (AvgIpc) is 2.60. The molecule has 2 aromatic rings. The van der Waals surface area contributed by atoms with Gasteiger partial charge in [0.1, 0.15) is 5.69 Å². The second kappa shape index (κ2) is 6.47. The first-order valence-corrected chi connectivity index (χ1v) is 8.06. The summed E-state index contributed by atoms with van der Waals surface area (Å²) in [7, 11) is 3.86. The van der Waals surface area contributed by atoms with E-state index in [-0.39, 0.29) is 12.5 Å². The van der Waals surface area contributed by atoms with Gasteiger partial charge in [-0.2, -0.15) is 0 Å². The van der Waals surface area contributed by atoms with E-state index >= 15 is 0 Å². The number of amides is 1. The van der Waals surface area contributed by atoms with E-state index in [0.717, 1.165) is 16.6 Å². The van der Waals surface area contributed by atoms with Crippen molar-refractivity contribution in [2.24, 2.45) is 5.92 Å². The summed E-state index contributed by atoms with van der Waals surface area (Å²) in [6.45, 7) is 0.828. The number of hydrogen-bond donors (Lipinski definition) is 1. The predicted octanol–water partition coefficient (Wildman–Crippen LogP) is 2.24. The number of carbonyl (C=O) groups is 2. The van der Waals surface area contributed by atoms with Gasteiger partial charge < -0.3 is 14.9 Å². The molecule has 1 unspecified atom stereocenters. The van der Waals surface area contributed by atoms with Crippen LogP contribution in [0.4, 0.5) is 5.69 Å². The van der Waals surface area contributed by atoms with Crippen LogP contribution in [0.25, 0.3) is 10.9 Å². The number of para-hydroxylation sites is 1. The van der Waals surface area contributed by atoms with Crippen LogP contribution in [0.2, 0.25) is 0 Å². The highest BCUT2D eigenvalue weighted by molar-refractivity contribution is 6.00. The van der Waals surface area contributed by atoms with Crippen molar-refractivity contribution in [1.29, 1.82) is 0 Å². The number of benzene rings is 1. The number of likely N-dealkylation sites (tertiary alicyclic amines) is 1. The number of carbonyl (C=O) groups excluding carboxylic acids is 1. The van der Waals surface area contributed by atoms with Gasteiger partial charge in [0, 0.05) is 38.3 Å². The predicted molar refractivity (Wildman–Crippen MR) is 92.3 cm³/mol. The highest BCUT2D eigenvalue weighted by Crippen LogP contribution is 2.26. The lowest BCUT2D eigenvalue weighted by Crippen LogP contribution is -2.42. The molecule has 0 aliphatic carbocycles. The van der Waals surface area contributed by atoms with Gasteiger partial charge in [0.2, 0.25) is 0 Å². The first-order valence-electron chi connectivity index (χ1n) is 8.06. The zero-order chi connectivity index (χ0) is 17.3. The van der Waals surface area contributed by atoms with Gasteiger partial charge in [-0.25, -0.2) is 4.98 Å². The van der Waals surface area contributed by atoms with Crippen LogP contribution in [0.5, 0.6) is 0 Å². The summed E-state index contributed by atoms with van der Waals surface area (Å²) < 4.78 is 0. The summed E-state index contributed by atoms with van der Waals surface area (Å²) in [5.74, 6) is -1.53. The number of hydrogen-bond acceptors (Lipinski definition) is 4. The van der Waals surface area contributed by atoms with E-state index in [0.29, 0.717) is 25.1 Å². The quantitative estimate of drug-likeness (QED) is 0.936. The monoisotopic (exact) mass is 327 g/mol. The molecule has 1 aliphatic heterocycles. The summed E-state index contributed by atoms with van der Waals surface area (Å²) in [5.41, 5.74) is 2.05. The number of carboxylic acids is 1. The molecule has 0 bridgehead atoms. The van der Waals surface area contributed by atoms with E-state index in [1.165, 1.54) is 0 Å². The van der Waals surface area contributed by atoms with Gasteiger partial charge in [-0.15, -0.1) is 0 Å². The molecule has 1 atom stereocenters. The van der Waals surface area contributed by atoms with Crippen LogP contribution in [-0.4, -0.2) is 54.1 Å². The lowest BCUT2D eigenvalue weighted by molar-refractivity contribution is -0.143. The Morgan fingerprint density at radius 2 is 2.04 bits per heavy atom. The van der Waals surface area contributed by atoms with Crippen molar-refractivity contribution in [3.63, 3.8) is 0 Å². The van der Waals surface area contributed by atoms with Crippen molar-refractivity contribution in [2.45, 2.75) is 12.8 Å². The zero-order valence-corrected chi connectivity index (χ0v) is 13.9. The first kappa shape index (κ1) is 16.2. The summed E-state index contributed by atoms with van der Waals surface area (Å²) in [6.07, 6.45) is 1.32. The van der Waals surface area contributed by atoms with Gasteiger partial charge in [-0.3, -0.25) is 9.59 Å². The molecule has 1 aliphatic rings. The van der Waals surface area contributed by atoms with Crippen LogP contribution < -0.4 is 4.90 Å². The molecule has 6 heteroatoms. The standard InChI is InChI=1S/C18H21N3O3/c1-20(2)16-10-15(19-14-8-4-3-7-13(14)16)17(22)21-9-5-6-12(11-21)18(23)24/h3-4,7-8,10,12H,5-6,9,11H2,1-2H3,(H,23,24). The van der Waals surface area contributed by atoms with Crippen molar-refractivity contribution >= 4 is 28.5 Å². The molecule has 1 amide bonds. The fraction of sp³-hybridized carbons (Fsp3) is 0.389. The van der Waals surface area contributed by atoms with Gasteiger partial charge in [0.25, 0.3) is 5.91 Å². The average molecular weight is 327 g/mol. The van der Waals surface area contributed by atoms with Crippen LogP contribution >= 0.6 is 0 Å². The van der Waals surface area contributed by atoms with E-state index in [1.807, 2.05) is 43.3 Å². The molecule has 1 saturated heterocycles. The van der Waals surface area contributed by atoms with Gasteiger partial charge >= 0.3 is 5.97 Å². The van der Waals surface area contributed by atoms with Gasteiger partial charge in [-0.1, -0.05) is 18.2 Å². The maximum Gasteiger partial charge on any atom is 0.308 e. The topological polar surface area (TPSA) is 73.7 Å². The lowest BCUT2D eigenvalue weighted by atomic mass is 9.98. The van der Waals surface area contributed by atoms with E-state index in [2.05, 4.69) is 4.98 Å². The van der Waals surface area contributed by atoms with E-state index in [4.69, 9.17) is 0 Å². The second-order valence-corrected chi connectivity index (χ2v) is 6.37. The maximum absolute atomic E-state index is 12.8. The molecular formula is C18H21N3O3. The fourth-order valence-electron chi connectivity index (χ4n) is 3.16. The van der Waals surface area contributed by atoms with Gasteiger partial charge in [0.05, 0.1) is 11.4 Å². The maximum atomic E-state index is 12.8. The van der Waals surface area contributed by atoms with Crippen molar-refractivity contribution in [2.75, 3.05) is 32.1 Å². The third-order valence-electron chi connectivity index (χ3n) is 4.45. The Morgan fingerprint density at radius 3 is 2.75 bits per heavy atom. The van der Waals surface area contributed by atoms with E-state index in [1.54, 1.807) is 11.0 Å². The Labute approximate surface area is 140 Å². The number of nitrogens with zero attached hydrogens (tertiary/aromatic N) is 3. The highest BCUT2D eigenvalue weighted by atomic mass is 16.4. The number of piperidine rings is 1. The molecule has 3 rings (SSSR count). The SMILES string of the molecule is CN(C)c1cc(C(=O)N2CCCC(C(=O)O)C2)nc2ccccc12. The van der Waals surface area contributed by atoms with Crippen LogP contribution in [-0.2, 0) is 4.79 Å². The molecule has 126 valence electrons. The summed E-state index contributed by atoms with van der Waals surface area (Å²) in [4.78, 5) is 32.1. The van der Waals surface area contributed by atoms with E-state index in [9.17, 15) is 14.7 Å². The van der Waals surface area contributed by atoms with Crippen LogP contribution in [0.15, 0.2) is 30.3 Å². The Bertz CT molecular complexity index is 788. The molecule has 1 fully saturated rings. The van der Waals surface area contributed by atoms with Crippen molar-refractivity contribution in [3.05, 3.63) is 36.0 Å². The molecule has 6 nitrogen and oxygen atoms in total. The smallest absolute Gasteiger partial charge is 0.308 e. The molecule has 1 N–H and O–H groups in total. The normalized spacial score (nSPS) is 17.8. The number of anilines is 1. The Morgan fingerprint density at radius 1 is 1.29 bits per heavy atom. The van der Waals surface area contributed by atoms with Crippen molar-refractivity contribution < 1.29 is 14.7 Å². The zero-order valence-electron chi connectivity index (χ0n) is 13.9. The third-order valence-corrected chi connectivity index (χ3v) is 4.45. The Kier molecular flexibility index (Phi) is 4.38.